The topological polar surface area (TPSA) is 59.6 Å². The molecule has 6 heteroatoms. The van der Waals surface area contributed by atoms with Crippen LogP contribution in [0.3, 0.4) is 0 Å². The molecular formula is C17H17ClN2O3. The Labute approximate surface area is 139 Å². The Kier molecular flexibility index (Phi) is 5.00. The smallest absolute Gasteiger partial charge is 0.231 e. The van der Waals surface area contributed by atoms with E-state index >= 15 is 0 Å². The molecule has 2 aromatic carbocycles. The quantitative estimate of drug-likeness (QED) is 0.798. The summed E-state index contributed by atoms with van der Waals surface area (Å²) in [5.41, 5.74) is 1.72. The number of carbonyl (C=O) groups excluding carboxylic acids is 1. The second kappa shape index (κ2) is 7.35. The molecule has 0 aromatic heterocycles. The zero-order valence-electron chi connectivity index (χ0n) is 12.5. The first-order valence-corrected chi connectivity index (χ1v) is 7.74. The van der Waals surface area contributed by atoms with Crippen LogP contribution in [-0.2, 0) is 11.3 Å². The van der Waals surface area contributed by atoms with Crippen LogP contribution in [0.15, 0.2) is 42.5 Å². The van der Waals surface area contributed by atoms with Gasteiger partial charge in [0.25, 0.3) is 0 Å². The third-order valence-corrected chi connectivity index (χ3v) is 3.77. The summed E-state index contributed by atoms with van der Waals surface area (Å²) in [6.07, 6.45) is 0.371. The van der Waals surface area contributed by atoms with E-state index in [9.17, 15) is 4.79 Å². The molecule has 0 unspecified atom stereocenters. The molecule has 2 N–H and O–H groups in total. The van der Waals surface area contributed by atoms with Crippen LogP contribution in [0.5, 0.6) is 11.5 Å². The van der Waals surface area contributed by atoms with Gasteiger partial charge in [0.05, 0.1) is 10.7 Å². The molecule has 0 radical (unpaired) electrons. The van der Waals surface area contributed by atoms with Crippen LogP contribution in [0.4, 0.5) is 5.69 Å². The number of anilines is 1. The Balaban J connectivity index is 1.41. The number of halogens is 1. The molecule has 0 aliphatic carbocycles. The number of para-hydroxylation sites is 1. The van der Waals surface area contributed by atoms with Crippen molar-refractivity contribution in [2.24, 2.45) is 0 Å². The molecule has 1 aliphatic heterocycles. The fourth-order valence-electron chi connectivity index (χ4n) is 2.26. The Morgan fingerprint density at radius 1 is 1.13 bits per heavy atom. The van der Waals surface area contributed by atoms with E-state index in [2.05, 4.69) is 10.6 Å². The first-order chi connectivity index (χ1) is 11.2. The van der Waals surface area contributed by atoms with Gasteiger partial charge in [0.15, 0.2) is 11.5 Å². The third kappa shape index (κ3) is 4.15. The number of amides is 1. The first-order valence-electron chi connectivity index (χ1n) is 7.36. The molecule has 0 spiro atoms. The van der Waals surface area contributed by atoms with Crippen molar-refractivity contribution >= 4 is 23.2 Å². The lowest BCUT2D eigenvalue weighted by molar-refractivity contribution is -0.116. The molecule has 2 aromatic rings. The van der Waals surface area contributed by atoms with Crippen molar-refractivity contribution in [2.75, 3.05) is 18.7 Å². The van der Waals surface area contributed by atoms with Crippen LogP contribution >= 0.6 is 11.6 Å². The van der Waals surface area contributed by atoms with Crippen molar-refractivity contribution in [3.05, 3.63) is 53.1 Å². The van der Waals surface area contributed by atoms with Gasteiger partial charge in [0.1, 0.15) is 0 Å². The van der Waals surface area contributed by atoms with Crippen LogP contribution in [-0.4, -0.2) is 19.2 Å². The molecule has 1 amide bonds. The van der Waals surface area contributed by atoms with Gasteiger partial charge in [-0.25, -0.2) is 0 Å². The molecule has 3 rings (SSSR count). The predicted molar refractivity (Wildman–Crippen MR) is 89.0 cm³/mol. The average Bonchev–Trinajstić information content (AvgIpc) is 3.01. The van der Waals surface area contributed by atoms with Gasteiger partial charge >= 0.3 is 0 Å². The summed E-state index contributed by atoms with van der Waals surface area (Å²) in [6, 6.07) is 13.0. The number of fused-ring (bicyclic) bond motifs is 1. The molecule has 0 fully saturated rings. The van der Waals surface area contributed by atoms with Gasteiger partial charge in [-0.15, -0.1) is 0 Å². The molecule has 0 saturated carbocycles. The van der Waals surface area contributed by atoms with Gasteiger partial charge in [-0.3, -0.25) is 4.79 Å². The molecule has 1 aliphatic rings. The second-order valence-corrected chi connectivity index (χ2v) is 5.55. The maximum atomic E-state index is 11.9. The molecule has 0 atom stereocenters. The van der Waals surface area contributed by atoms with Crippen molar-refractivity contribution in [3.8, 4) is 11.5 Å². The highest BCUT2D eigenvalue weighted by Gasteiger charge is 2.13. The molecular weight excluding hydrogens is 316 g/mol. The van der Waals surface area contributed by atoms with Crippen LogP contribution in [0.2, 0.25) is 5.02 Å². The van der Waals surface area contributed by atoms with E-state index in [-0.39, 0.29) is 12.7 Å². The number of nitrogens with one attached hydrogen (secondary N) is 2. The van der Waals surface area contributed by atoms with E-state index in [1.54, 1.807) is 12.1 Å². The van der Waals surface area contributed by atoms with E-state index in [0.717, 1.165) is 17.1 Å². The first kappa shape index (κ1) is 15.6. The largest absolute Gasteiger partial charge is 0.454 e. The molecule has 23 heavy (non-hydrogen) atoms. The number of hydrogen-bond donors (Lipinski definition) is 2. The summed E-state index contributed by atoms with van der Waals surface area (Å²) in [5.74, 6) is 1.46. The van der Waals surface area contributed by atoms with E-state index in [1.807, 2.05) is 30.3 Å². The van der Waals surface area contributed by atoms with Gasteiger partial charge < -0.3 is 20.1 Å². The van der Waals surface area contributed by atoms with Crippen LogP contribution < -0.4 is 20.1 Å². The van der Waals surface area contributed by atoms with E-state index in [1.165, 1.54) is 0 Å². The monoisotopic (exact) mass is 332 g/mol. The van der Waals surface area contributed by atoms with Gasteiger partial charge in [0.2, 0.25) is 12.7 Å². The number of rotatable bonds is 6. The second-order valence-electron chi connectivity index (χ2n) is 5.14. The molecule has 5 nitrogen and oxygen atoms in total. The van der Waals surface area contributed by atoms with Gasteiger partial charge in [-0.05, 0) is 29.8 Å². The maximum Gasteiger partial charge on any atom is 0.231 e. The number of hydrogen-bond acceptors (Lipinski definition) is 4. The van der Waals surface area contributed by atoms with Crippen LogP contribution in [0.25, 0.3) is 0 Å². The molecule has 0 bridgehead atoms. The fourth-order valence-corrected chi connectivity index (χ4v) is 2.44. The lowest BCUT2D eigenvalue weighted by atomic mass is 10.2. The minimum Gasteiger partial charge on any atom is -0.454 e. The lowest BCUT2D eigenvalue weighted by Crippen LogP contribution is -2.21. The highest BCUT2D eigenvalue weighted by atomic mass is 35.5. The minimum atomic E-state index is -0.0729. The van der Waals surface area contributed by atoms with Crippen LogP contribution in [0, 0.1) is 0 Å². The van der Waals surface area contributed by atoms with Crippen LogP contribution in [0.1, 0.15) is 12.0 Å². The van der Waals surface area contributed by atoms with E-state index in [0.29, 0.717) is 30.2 Å². The van der Waals surface area contributed by atoms with E-state index < -0.39 is 0 Å². The Morgan fingerprint density at radius 3 is 2.83 bits per heavy atom. The standard InChI is InChI=1S/C17H17ClN2O3/c18-13-3-1-2-4-14(13)20-17(21)7-8-19-10-12-5-6-15-16(9-12)23-11-22-15/h1-6,9,19H,7-8,10-11H2,(H,20,21). The summed E-state index contributed by atoms with van der Waals surface area (Å²) in [4.78, 5) is 11.9. The van der Waals surface area contributed by atoms with Gasteiger partial charge in [-0.2, -0.15) is 0 Å². The lowest BCUT2D eigenvalue weighted by Gasteiger charge is -2.08. The predicted octanol–water partition coefficient (Wildman–Crippen LogP) is 3.19. The highest BCUT2D eigenvalue weighted by Crippen LogP contribution is 2.32. The Hall–Kier alpha value is -2.24. The molecule has 120 valence electrons. The number of carbonyl (C=O) groups is 1. The zero-order valence-corrected chi connectivity index (χ0v) is 13.2. The van der Waals surface area contributed by atoms with Crippen molar-refractivity contribution in [1.82, 2.24) is 5.32 Å². The summed E-state index contributed by atoms with van der Waals surface area (Å²) in [5, 5.41) is 6.57. The maximum absolute atomic E-state index is 11.9. The summed E-state index contributed by atoms with van der Waals surface area (Å²) in [7, 11) is 0. The molecule has 0 saturated heterocycles. The number of benzene rings is 2. The van der Waals surface area contributed by atoms with Gasteiger partial charge in [-0.1, -0.05) is 29.8 Å². The van der Waals surface area contributed by atoms with Crippen molar-refractivity contribution in [1.29, 1.82) is 0 Å². The Morgan fingerprint density at radius 2 is 1.96 bits per heavy atom. The SMILES string of the molecule is O=C(CCNCc1ccc2c(c1)OCO2)Nc1ccccc1Cl. The van der Waals surface area contributed by atoms with Crippen molar-refractivity contribution in [2.45, 2.75) is 13.0 Å². The minimum absolute atomic E-state index is 0.0729. The third-order valence-electron chi connectivity index (χ3n) is 3.44. The summed E-state index contributed by atoms with van der Waals surface area (Å²) < 4.78 is 10.6. The van der Waals surface area contributed by atoms with E-state index in [4.69, 9.17) is 21.1 Å². The highest BCUT2D eigenvalue weighted by molar-refractivity contribution is 6.33. The molecule has 1 heterocycles. The van der Waals surface area contributed by atoms with Crippen molar-refractivity contribution in [3.63, 3.8) is 0 Å². The summed E-state index contributed by atoms with van der Waals surface area (Å²) >= 11 is 6.00. The average molecular weight is 333 g/mol. The normalized spacial score (nSPS) is 12.2. The van der Waals surface area contributed by atoms with Gasteiger partial charge in [0, 0.05) is 19.5 Å². The fraction of sp³-hybridized carbons (Fsp3) is 0.235. The zero-order chi connectivity index (χ0) is 16.1. The Bertz CT molecular complexity index is 706. The number of ether oxygens (including phenoxy) is 2. The van der Waals surface area contributed by atoms with Crippen molar-refractivity contribution < 1.29 is 14.3 Å². The summed E-state index contributed by atoms with van der Waals surface area (Å²) in [6.45, 7) is 1.51.